The SMILES string of the molecule is CNC(c1ccc(Cl)c(F)c1)C1CCCC(C)C1. The van der Waals surface area contributed by atoms with E-state index < -0.39 is 0 Å². The summed E-state index contributed by atoms with van der Waals surface area (Å²) < 4.78 is 13.6. The van der Waals surface area contributed by atoms with Crippen molar-refractivity contribution in [2.24, 2.45) is 11.8 Å². The van der Waals surface area contributed by atoms with Gasteiger partial charge in [-0.25, -0.2) is 4.39 Å². The van der Waals surface area contributed by atoms with E-state index in [1.54, 1.807) is 12.1 Å². The maximum atomic E-state index is 13.6. The summed E-state index contributed by atoms with van der Waals surface area (Å²) in [6.45, 7) is 2.31. The maximum absolute atomic E-state index is 13.6. The molecule has 0 amide bonds. The molecule has 1 N–H and O–H groups in total. The Balaban J connectivity index is 2.18. The fourth-order valence-corrected chi connectivity index (χ4v) is 3.28. The van der Waals surface area contributed by atoms with Crippen molar-refractivity contribution in [3.63, 3.8) is 0 Å². The molecule has 100 valence electrons. The van der Waals surface area contributed by atoms with E-state index in [1.807, 2.05) is 13.1 Å². The van der Waals surface area contributed by atoms with Gasteiger partial charge in [0.2, 0.25) is 0 Å². The van der Waals surface area contributed by atoms with E-state index in [0.717, 1.165) is 11.5 Å². The molecular weight excluding hydrogens is 249 g/mol. The monoisotopic (exact) mass is 269 g/mol. The molecule has 1 fully saturated rings. The van der Waals surface area contributed by atoms with Gasteiger partial charge in [0, 0.05) is 6.04 Å². The number of hydrogen-bond acceptors (Lipinski definition) is 1. The number of benzene rings is 1. The molecule has 0 aromatic heterocycles. The predicted octanol–water partition coefficient (Wildman–Crippen LogP) is 4.57. The number of halogens is 2. The Bertz CT molecular complexity index is 407. The summed E-state index contributed by atoms with van der Waals surface area (Å²) in [5.74, 6) is 1.05. The third-order valence-electron chi connectivity index (χ3n) is 4.06. The third-order valence-corrected chi connectivity index (χ3v) is 4.37. The first-order valence-electron chi connectivity index (χ1n) is 6.74. The molecule has 18 heavy (non-hydrogen) atoms. The highest BCUT2D eigenvalue weighted by molar-refractivity contribution is 6.30. The Morgan fingerprint density at radius 3 is 2.78 bits per heavy atom. The van der Waals surface area contributed by atoms with Crippen molar-refractivity contribution >= 4 is 11.6 Å². The minimum absolute atomic E-state index is 0.200. The topological polar surface area (TPSA) is 12.0 Å². The second-order valence-corrected chi connectivity index (χ2v) is 5.88. The zero-order chi connectivity index (χ0) is 13.1. The highest BCUT2D eigenvalue weighted by Gasteiger charge is 2.27. The fraction of sp³-hybridized carbons (Fsp3) is 0.600. The van der Waals surface area contributed by atoms with Crippen molar-refractivity contribution in [3.05, 3.63) is 34.6 Å². The van der Waals surface area contributed by atoms with Crippen LogP contribution in [-0.2, 0) is 0 Å². The van der Waals surface area contributed by atoms with Crippen molar-refractivity contribution in [2.75, 3.05) is 7.05 Å². The van der Waals surface area contributed by atoms with Crippen LogP contribution in [0.5, 0.6) is 0 Å². The van der Waals surface area contributed by atoms with E-state index in [9.17, 15) is 4.39 Å². The van der Waals surface area contributed by atoms with Crippen LogP contribution in [0.3, 0.4) is 0 Å². The Morgan fingerprint density at radius 1 is 1.39 bits per heavy atom. The summed E-state index contributed by atoms with van der Waals surface area (Å²) in [7, 11) is 1.95. The molecular formula is C15H21ClFN. The van der Waals surface area contributed by atoms with Crippen LogP contribution >= 0.6 is 11.6 Å². The van der Waals surface area contributed by atoms with E-state index in [4.69, 9.17) is 11.6 Å². The Morgan fingerprint density at radius 2 is 2.17 bits per heavy atom. The Kier molecular flexibility index (Phi) is 4.63. The second kappa shape index (κ2) is 6.03. The van der Waals surface area contributed by atoms with Crippen LogP contribution in [0.25, 0.3) is 0 Å². The average molecular weight is 270 g/mol. The van der Waals surface area contributed by atoms with Gasteiger partial charge >= 0.3 is 0 Å². The van der Waals surface area contributed by atoms with Crippen LogP contribution in [0.4, 0.5) is 4.39 Å². The molecule has 1 saturated carbocycles. The Hall–Kier alpha value is -0.600. The van der Waals surface area contributed by atoms with Crippen LogP contribution in [0.15, 0.2) is 18.2 Å². The third kappa shape index (κ3) is 3.04. The second-order valence-electron chi connectivity index (χ2n) is 5.47. The molecule has 0 radical (unpaired) electrons. The van der Waals surface area contributed by atoms with Gasteiger partial charge in [0.1, 0.15) is 5.82 Å². The maximum Gasteiger partial charge on any atom is 0.142 e. The van der Waals surface area contributed by atoms with Crippen LogP contribution in [0.2, 0.25) is 5.02 Å². The van der Waals surface area contributed by atoms with Crippen LogP contribution in [-0.4, -0.2) is 7.05 Å². The van der Waals surface area contributed by atoms with Crippen molar-refractivity contribution in [2.45, 2.75) is 38.6 Å². The lowest BCUT2D eigenvalue weighted by atomic mass is 9.77. The standard InChI is InChI=1S/C15H21ClFN/c1-10-4-3-5-11(8-10)15(18-2)12-6-7-13(16)14(17)9-12/h6-7,9-11,15,18H,3-5,8H2,1-2H3. The first-order chi connectivity index (χ1) is 8.61. The highest BCUT2D eigenvalue weighted by atomic mass is 35.5. The fourth-order valence-electron chi connectivity index (χ4n) is 3.16. The molecule has 3 unspecified atom stereocenters. The number of nitrogens with one attached hydrogen (secondary N) is 1. The van der Waals surface area contributed by atoms with Gasteiger partial charge in [0.15, 0.2) is 0 Å². The van der Waals surface area contributed by atoms with Crippen molar-refractivity contribution < 1.29 is 4.39 Å². The molecule has 1 nitrogen and oxygen atoms in total. The molecule has 3 heteroatoms. The molecule has 0 saturated heterocycles. The smallest absolute Gasteiger partial charge is 0.142 e. The molecule has 2 rings (SSSR count). The zero-order valence-corrected chi connectivity index (χ0v) is 11.8. The van der Waals surface area contributed by atoms with Crippen molar-refractivity contribution in [3.8, 4) is 0 Å². The molecule has 3 atom stereocenters. The van der Waals surface area contributed by atoms with Gasteiger partial charge < -0.3 is 5.32 Å². The molecule has 0 spiro atoms. The summed E-state index contributed by atoms with van der Waals surface area (Å²) in [5, 5.41) is 3.55. The normalized spacial score (nSPS) is 26.0. The van der Waals surface area contributed by atoms with Crippen molar-refractivity contribution in [1.82, 2.24) is 5.32 Å². The predicted molar refractivity (Wildman–Crippen MR) is 74.3 cm³/mol. The molecule has 1 aromatic carbocycles. The number of rotatable bonds is 3. The quantitative estimate of drug-likeness (QED) is 0.848. The summed E-state index contributed by atoms with van der Waals surface area (Å²) in [4.78, 5) is 0. The van der Waals surface area contributed by atoms with Gasteiger partial charge in [-0.2, -0.15) is 0 Å². The average Bonchev–Trinajstić information content (AvgIpc) is 2.35. The molecule has 0 bridgehead atoms. The van der Waals surface area contributed by atoms with Gasteiger partial charge in [-0.1, -0.05) is 37.4 Å². The summed E-state index contributed by atoms with van der Waals surface area (Å²) in [6.07, 6.45) is 5.04. The van der Waals surface area contributed by atoms with E-state index >= 15 is 0 Å². The summed E-state index contributed by atoms with van der Waals surface area (Å²) in [5.41, 5.74) is 1.01. The lowest BCUT2D eigenvalue weighted by Crippen LogP contribution is -2.29. The molecule has 0 heterocycles. The lowest BCUT2D eigenvalue weighted by molar-refractivity contribution is 0.229. The van der Waals surface area contributed by atoms with Gasteiger partial charge in [0.05, 0.1) is 5.02 Å². The van der Waals surface area contributed by atoms with Gasteiger partial charge in [-0.15, -0.1) is 0 Å². The summed E-state index contributed by atoms with van der Waals surface area (Å²) in [6, 6.07) is 5.40. The lowest BCUT2D eigenvalue weighted by Gasteiger charge is -2.33. The first-order valence-corrected chi connectivity index (χ1v) is 7.11. The van der Waals surface area contributed by atoms with Gasteiger partial charge in [-0.3, -0.25) is 0 Å². The summed E-state index contributed by atoms with van der Waals surface area (Å²) >= 11 is 5.74. The van der Waals surface area contributed by atoms with E-state index in [-0.39, 0.29) is 16.9 Å². The minimum Gasteiger partial charge on any atom is -0.313 e. The van der Waals surface area contributed by atoms with E-state index in [0.29, 0.717) is 5.92 Å². The minimum atomic E-state index is -0.321. The van der Waals surface area contributed by atoms with E-state index in [2.05, 4.69) is 12.2 Å². The molecule has 1 aromatic rings. The largest absolute Gasteiger partial charge is 0.313 e. The zero-order valence-electron chi connectivity index (χ0n) is 11.0. The van der Waals surface area contributed by atoms with E-state index in [1.165, 1.54) is 25.7 Å². The molecule has 1 aliphatic rings. The first kappa shape index (κ1) is 13.8. The molecule has 0 aliphatic heterocycles. The van der Waals surface area contributed by atoms with Gasteiger partial charge in [-0.05, 0) is 49.4 Å². The number of hydrogen-bond donors (Lipinski definition) is 1. The highest BCUT2D eigenvalue weighted by Crippen LogP contribution is 2.37. The van der Waals surface area contributed by atoms with Crippen LogP contribution < -0.4 is 5.32 Å². The van der Waals surface area contributed by atoms with Crippen LogP contribution in [0, 0.1) is 17.7 Å². The molecule has 1 aliphatic carbocycles. The van der Waals surface area contributed by atoms with Crippen LogP contribution in [0.1, 0.15) is 44.2 Å². The van der Waals surface area contributed by atoms with Crippen molar-refractivity contribution in [1.29, 1.82) is 0 Å². The van der Waals surface area contributed by atoms with Gasteiger partial charge in [0.25, 0.3) is 0 Å². The Labute approximate surface area is 114 Å².